The number of hydrogen-bond donors (Lipinski definition) is 0. The third-order valence-corrected chi connectivity index (χ3v) is 2.51. The van der Waals surface area contributed by atoms with E-state index < -0.39 is 0 Å². The van der Waals surface area contributed by atoms with Crippen LogP contribution in [0.4, 0.5) is 0 Å². The molecule has 0 heterocycles. The van der Waals surface area contributed by atoms with Gasteiger partial charge in [0.15, 0.2) is 11.5 Å². The lowest BCUT2D eigenvalue weighted by molar-refractivity contribution is -0.118. The number of allylic oxidation sites excluding steroid dienone is 3. The Bertz CT molecular complexity index is 327. The number of rotatable bonds is 2. The molecular weight excluding hydrogens is 180 g/mol. The van der Waals surface area contributed by atoms with Crippen molar-refractivity contribution in [2.45, 2.75) is 27.2 Å². The molecule has 14 heavy (non-hydrogen) atoms. The molecule has 1 aliphatic carbocycles. The first-order valence-corrected chi connectivity index (χ1v) is 4.58. The Kier molecular flexibility index (Phi) is 2.89. The zero-order chi connectivity index (χ0) is 10.9. The number of ketones is 2. The summed E-state index contributed by atoms with van der Waals surface area (Å²) in [5.41, 5.74) is 1.53. The van der Waals surface area contributed by atoms with Crippen LogP contribution in [0, 0.1) is 0 Å². The average molecular weight is 194 g/mol. The van der Waals surface area contributed by atoms with E-state index in [4.69, 9.17) is 4.74 Å². The maximum atomic E-state index is 11.8. The zero-order valence-electron chi connectivity index (χ0n) is 8.93. The van der Waals surface area contributed by atoms with Gasteiger partial charge in [0.25, 0.3) is 0 Å². The Hall–Kier alpha value is -1.38. The Morgan fingerprint density at radius 1 is 1.07 bits per heavy atom. The van der Waals surface area contributed by atoms with Gasteiger partial charge in [-0.3, -0.25) is 9.59 Å². The molecule has 76 valence electrons. The summed E-state index contributed by atoms with van der Waals surface area (Å²) in [7, 11) is 1.41. The van der Waals surface area contributed by atoms with E-state index in [1.54, 1.807) is 13.8 Å². The lowest BCUT2D eigenvalue weighted by Crippen LogP contribution is -2.22. The summed E-state index contributed by atoms with van der Waals surface area (Å²) in [6.45, 7) is 5.17. The molecular formula is C11H14O3. The van der Waals surface area contributed by atoms with Gasteiger partial charge in [-0.05, 0) is 20.3 Å². The molecule has 1 rings (SSSR count). The molecule has 0 spiro atoms. The van der Waals surface area contributed by atoms with E-state index in [1.165, 1.54) is 7.11 Å². The maximum absolute atomic E-state index is 11.8. The van der Waals surface area contributed by atoms with Gasteiger partial charge in [-0.1, -0.05) is 6.92 Å². The van der Waals surface area contributed by atoms with E-state index >= 15 is 0 Å². The van der Waals surface area contributed by atoms with Crippen LogP contribution in [0.15, 0.2) is 22.5 Å². The zero-order valence-corrected chi connectivity index (χ0v) is 8.93. The van der Waals surface area contributed by atoms with Gasteiger partial charge in [0.05, 0.1) is 7.11 Å². The molecule has 3 heteroatoms. The van der Waals surface area contributed by atoms with E-state index in [-0.39, 0.29) is 17.3 Å². The van der Waals surface area contributed by atoms with Crippen LogP contribution < -0.4 is 0 Å². The molecule has 0 radical (unpaired) electrons. The SMILES string of the molecule is CCC1=C(C)C(=O)C(C)=C(OC)C1=O. The van der Waals surface area contributed by atoms with Crippen LogP contribution >= 0.6 is 0 Å². The lowest BCUT2D eigenvalue weighted by Gasteiger charge is -2.18. The summed E-state index contributed by atoms with van der Waals surface area (Å²) in [4.78, 5) is 23.4. The fourth-order valence-electron chi connectivity index (χ4n) is 1.67. The summed E-state index contributed by atoms with van der Waals surface area (Å²) in [6.07, 6.45) is 0.566. The van der Waals surface area contributed by atoms with Crippen LogP contribution in [0.3, 0.4) is 0 Å². The molecule has 0 saturated heterocycles. The smallest absolute Gasteiger partial charge is 0.224 e. The number of methoxy groups -OCH3 is 1. The van der Waals surface area contributed by atoms with Crippen LogP contribution in [-0.4, -0.2) is 18.7 Å². The van der Waals surface area contributed by atoms with E-state index in [9.17, 15) is 9.59 Å². The molecule has 0 unspecified atom stereocenters. The molecule has 0 atom stereocenters. The van der Waals surface area contributed by atoms with Crippen molar-refractivity contribution in [1.29, 1.82) is 0 Å². The molecule has 0 amide bonds. The Labute approximate surface area is 83.4 Å². The van der Waals surface area contributed by atoms with Gasteiger partial charge >= 0.3 is 0 Å². The van der Waals surface area contributed by atoms with Crippen molar-refractivity contribution in [1.82, 2.24) is 0 Å². The normalized spacial score (nSPS) is 18.0. The number of ether oxygens (including phenoxy) is 1. The maximum Gasteiger partial charge on any atom is 0.224 e. The van der Waals surface area contributed by atoms with Crippen molar-refractivity contribution < 1.29 is 14.3 Å². The Morgan fingerprint density at radius 2 is 1.64 bits per heavy atom. The molecule has 0 N–H and O–H groups in total. The van der Waals surface area contributed by atoms with Gasteiger partial charge in [0, 0.05) is 16.7 Å². The molecule has 0 saturated carbocycles. The number of hydrogen-bond acceptors (Lipinski definition) is 3. The largest absolute Gasteiger partial charge is 0.492 e. The van der Waals surface area contributed by atoms with Gasteiger partial charge < -0.3 is 4.74 Å². The highest BCUT2D eigenvalue weighted by molar-refractivity contribution is 6.23. The Morgan fingerprint density at radius 3 is 2.07 bits per heavy atom. The van der Waals surface area contributed by atoms with Crippen molar-refractivity contribution in [3.05, 3.63) is 22.5 Å². The van der Waals surface area contributed by atoms with Crippen molar-refractivity contribution in [2.75, 3.05) is 7.11 Å². The molecule has 0 aromatic rings. The summed E-state index contributed by atoms with van der Waals surface area (Å²) in [6, 6.07) is 0. The van der Waals surface area contributed by atoms with Crippen molar-refractivity contribution >= 4 is 11.6 Å². The predicted octanol–water partition coefficient (Wildman–Crippen LogP) is 1.79. The quantitative estimate of drug-likeness (QED) is 0.629. The highest BCUT2D eigenvalue weighted by Gasteiger charge is 2.29. The Balaban J connectivity index is 3.29. The fourth-order valence-corrected chi connectivity index (χ4v) is 1.67. The van der Waals surface area contributed by atoms with Gasteiger partial charge in [-0.25, -0.2) is 0 Å². The van der Waals surface area contributed by atoms with Crippen LogP contribution in [0.5, 0.6) is 0 Å². The minimum absolute atomic E-state index is 0.0849. The highest BCUT2D eigenvalue weighted by atomic mass is 16.5. The van der Waals surface area contributed by atoms with Gasteiger partial charge in [-0.2, -0.15) is 0 Å². The number of carbonyl (C=O) groups is 2. The monoisotopic (exact) mass is 194 g/mol. The highest BCUT2D eigenvalue weighted by Crippen LogP contribution is 2.26. The second-order valence-corrected chi connectivity index (χ2v) is 3.27. The van der Waals surface area contributed by atoms with Crippen LogP contribution in [0.1, 0.15) is 27.2 Å². The first-order valence-electron chi connectivity index (χ1n) is 4.58. The minimum Gasteiger partial charge on any atom is -0.492 e. The van der Waals surface area contributed by atoms with E-state index in [0.717, 1.165) is 0 Å². The third kappa shape index (κ3) is 1.39. The molecule has 0 fully saturated rings. The van der Waals surface area contributed by atoms with Crippen molar-refractivity contribution in [3.63, 3.8) is 0 Å². The van der Waals surface area contributed by atoms with Crippen molar-refractivity contribution in [3.8, 4) is 0 Å². The molecule has 1 aliphatic rings. The topological polar surface area (TPSA) is 43.4 Å². The molecule has 0 aromatic heterocycles. The lowest BCUT2D eigenvalue weighted by atomic mass is 9.88. The molecule has 0 aromatic carbocycles. The second kappa shape index (κ2) is 3.78. The van der Waals surface area contributed by atoms with E-state index in [2.05, 4.69) is 0 Å². The third-order valence-electron chi connectivity index (χ3n) is 2.51. The molecule has 3 nitrogen and oxygen atoms in total. The predicted molar refractivity (Wildman–Crippen MR) is 52.7 cm³/mol. The second-order valence-electron chi connectivity index (χ2n) is 3.27. The summed E-state index contributed by atoms with van der Waals surface area (Å²) in [5, 5.41) is 0. The first-order chi connectivity index (χ1) is 6.54. The van der Waals surface area contributed by atoms with Crippen molar-refractivity contribution in [2.24, 2.45) is 0 Å². The average Bonchev–Trinajstić information content (AvgIpc) is 2.16. The standard InChI is InChI=1S/C11H14O3/c1-5-8-6(2)9(12)7(3)11(14-4)10(8)13/h5H2,1-4H3. The summed E-state index contributed by atoms with van der Waals surface area (Å²) >= 11 is 0. The van der Waals surface area contributed by atoms with Crippen LogP contribution in [0.2, 0.25) is 0 Å². The van der Waals surface area contributed by atoms with Gasteiger partial charge in [-0.15, -0.1) is 0 Å². The van der Waals surface area contributed by atoms with Crippen LogP contribution in [-0.2, 0) is 14.3 Å². The summed E-state index contributed by atoms with van der Waals surface area (Å²) in [5.74, 6) is -0.0413. The van der Waals surface area contributed by atoms with Gasteiger partial charge in [0.1, 0.15) is 0 Å². The van der Waals surface area contributed by atoms with Gasteiger partial charge in [0.2, 0.25) is 5.78 Å². The number of Topliss-reactive ketones (excluding diaryl/α,β-unsaturated/α-hetero) is 2. The van der Waals surface area contributed by atoms with E-state index in [0.29, 0.717) is 23.1 Å². The molecule has 0 aliphatic heterocycles. The number of carbonyl (C=O) groups excluding carboxylic acids is 2. The fraction of sp³-hybridized carbons (Fsp3) is 0.455. The van der Waals surface area contributed by atoms with E-state index in [1.807, 2.05) is 6.92 Å². The summed E-state index contributed by atoms with van der Waals surface area (Å²) < 4.78 is 4.94. The minimum atomic E-state index is -0.149. The molecule has 0 bridgehead atoms. The first kappa shape index (κ1) is 10.7. The van der Waals surface area contributed by atoms with Crippen LogP contribution in [0.25, 0.3) is 0 Å².